The predicted octanol–water partition coefficient (Wildman–Crippen LogP) is -0.556. The molecule has 150 valence electrons. The van der Waals surface area contributed by atoms with Crippen LogP contribution in [0.4, 0.5) is 0 Å². The number of aromatic amines is 1. The Morgan fingerprint density at radius 2 is 1.79 bits per heavy atom. The lowest BCUT2D eigenvalue weighted by Crippen LogP contribution is -2.40. The molecule has 4 atom stereocenters. The molecule has 0 aromatic carbocycles. The number of imidazole rings is 1. The van der Waals surface area contributed by atoms with E-state index in [1.807, 2.05) is 0 Å². The summed E-state index contributed by atoms with van der Waals surface area (Å²) in [5.74, 6) is -1.83. The molecule has 0 amide bonds. The van der Waals surface area contributed by atoms with Crippen molar-refractivity contribution in [3.05, 3.63) is 23.0 Å². The molecule has 1 N–H and O–H groups in total. The molecule has 0 bridgehead atoms. The Bertz CT molecular complexity index is 967. The van der Waals surface area contributed by atoms with Gasteiger partial charge in [0, 0.05) is 20.8 Å². The van der Waals surface area contributed by atoms with Crippen LogP contribution >= 0.6 is 0 Å². The maximum atomic E-state index is 11.9. The second-order valence-corrected chi connectivity index (χ2v) is 6.07. The van der Waals surface area contributed by atoms with Crippen molar-refractivity contribution >= 4 is 29.1 Å². The number of hydrogen-bond acceptors (Lipinski definition) is 10. The molecule has 2 aromatic rings. The van der Waals surface area contributed by atoms with E-state index in [4.69, 9.17) is 18.9 Å². The summed E-state index contributed by atoms with van der Waals surface area (Å²) in [4.78, 5) is 56.8. The molecule has 3 rings (SSSR count). The second-order valence-electron chi connectivity index (χ2n) is 6.07. The number of nitrogens with zero attached hydrogens (tertiary/aromatic N) is 3. The first kappa shape index (κ1) is 19.5. The lowest BCUT2D eigenvalue weighted by atomic mass is 10.1. The normalized spacial score (nSPS) is 24.1. The number of aromatic nitrogens is 4. The van der Waals surface area contributed by atoms with Crippen LogP contribution in [0.1, 0.15) is 27.0 Å². The fraction of sp³-hybridized carbons (Fsp3) is 0.500. The van der Waals surface area contributed by atoms with E-state index in [1.54, 1.807) is 0 Å². The van der Waals surface area contributed by atoms with Gasteiger partial charge in [0.1, 0.15) is 12.7 Å². The summed E-state index contributed by atoms with van der Waals surface area (Å²) in [7, 11) is 0. The summed E-state index contributed by atoms with van der Waals surface area (Å²) >= 11 is 0. The Morgan fingerprint density at radius 1 is 1.11 bits per heavy atom. The molecule has 0 saturated carbocycles. The largest absolute Gasteiger partial charge is 0.463 e. The van der Waals surface area contributed by atoms with Gasteiger partial charge in [0.05, 0.1) is 12.7 Å². The molecule has 28 heavy (non-hydrogen) atoms. The van der Waals surface area contributed by atoms with E-state index in [9.17, 15) is 19.2 Å². The van der Waals surface area contributed by atoms with Crippen LogP contribution in [0.2, 0.25) is 0 Å². The SMILES string of the molecule is CC(=O)OC[C@@H]1O[C@H](n2cnc3c(=O)[nH]cnc32)[C@H](OC(C)=O)[C@H]1OC(C)=O. The van der Waals surface area contributed by atoms with Crippen molar-refractivity contribution < 1.29 is 33.3 Å². The lowest BCUT2D eigenvalue weighted by Gasteiger charge is -2.23. The van der Waals surface area contributed by atoms with Crippen LogP contribution in [0.5, 0.6) is 0 Å². The Balaban J connectivity index is 2.02. The molecule has 2 aromatic heterocycles. The Kier molecular flexibility index (Phi) is 5.40. The molecule has 1 saturated heterocycles. The molecule has 0 unspecified atom stereocenters. The number of H-pyrrole nitrogens is 1. The Labute approximate surface area is 157 Å². The first-order chi connectivity index (χ1) is 13.3. The van der Waals surface area contributed by atoms with Gasteiger partial charge in [0.25, 0.3) is 5.56 Å². The third-order valence-electron chi connectivity index (χ3n) is 3.98. The number of fused-ring (bicyclic) bond motifs is 1. The molecule has 0 radical (unpaired) electrons. The molecule has 1 fully saturated rings. The summed E-state index contributed by atoms with van der Waals surface area (Å²) < 4.78 is 22.8. The fourth-order valence-electron chi connectivity index (χ4n) is 2.97. The van der Waals surface area contributed by atoms with E-state index < -0.39 is 48.0 Å². The maximum Gasteiger partial charge on any atom is 0.303 e. The summed E-state index contributed by atoms with van der Waals surface area (Å²) in [5, 5.41) is 0. The van der Waals surface area contributed by atoms with Gasteiger partial charge < -0.3 is 23.9 Å². The average molecular weight is 394 g/mol. The van der Waals surface area contributed by atoms with Gasteiger partial charge in [-0.05, 0) is 0 Å². The topological polar surface area (TPSA) is 152 Å². The number of ether oxygens (including phenoxy) is 4. The van der Waals surface area contributed by atoms with Gasteiger partial charge in [0.15, 0.2) is 29.6 Å². The van der Waals surface area contributed by atoms with Gasteiger partial charge in [-0.3, -0.25) is 23.7 Å². The number of rotatable bonds is 5. The Hall–Kier alpha value is -3.28. The number of carbonyl (C=O) groups excluding carboxylic acids is 3. The molecular weight excluding hydrogens is 376 g/mol. The molecule has 12 heteroatoms. The third-order valence-corrected chi connectivity index (χ3v) is 3.98. The van der Waals surface area contributed by atoms with Gasteiger partial charge >= 0.3 is 17.9 Å². The fourth-order valence-corrected chi connectivity index (χ4v) is 2.97. The summed E-state index contributed by atoms with van der Waals surface area (Å²) in [6.07, 6.45) is -1.58. The smallest absolute Gasteiger partial charge is 0.303 e. The van der Waals surface area contributed by atoms with Crippen LogP contribution in [-0.2, 0) is 33.3 Å². The maximum absolute atomic E-state index is 11.9. The van der Waals surface area contributed by atoms with Gasteiger partial charge in [-0.2, -0.15) is 0 Å². The van der Waals surface area contributed by atoms with Gasteiger partial charge in [0.2, 0.25) is 0 Å². The predicted molar refractivity (Wildman–Crippen MR) is 89.8 cm³/mol. The summed E-state index contributed by atoms with van der Waals surface area (Å²) in [6, 6.07) is 0. The lowest BCUT2D eigenvalue weighted by molar-refractivity contribution is -0.166. The van der Waals surface area contributed by atoms with Crippen molar-refractivity contribution in [2.24, 2.45) is 0 Å². The van der Waals surface area contributed by atoms with Gasteiger partial charge in [-0.25, -0.2) is 9.97 Å². The van der Waals surface area contributed by atoms with Crippen molar-refractivity contribution in [3.8, 4) is 0 Å². The Morgan fingerprint density at radius 3 is 2.43 bits per heavy atom. The van der Waals surface area contributed by atoms with Gasteiger partial charge in [-0.15, -0.1) is 0 Å². The van der Waals surface area contributed by atoms with Crippen molar-refractivity contribution in [2.45, 2.75) is 45.3 Å². The van der Waals surface area contributed by atoms with E-state index in [0.717, 1.165) is 0 Å². The first-order valence-corrected chi connectivity index (χ1v) is 8.31. The van der Waals surface area contributed by atoms with Crippen LogP contribution in [0.15, 0.2) is 17.4 Å². The standard InChI is InChI=1S/C16H18N4O8/c1-7(21)25-4-10-12(26-8(2)22)13(27-9(3)23)16(28-10)20-6-19-11-14(20)17-5-18-15(11)24/h5-6,10,12-13,16H,4H2,1-3H3,(H,17,18,24)/t10-,12-,13+,16-/m0/s1. The van der Waals surface area contributed by atoms with Crippen molar-refractivity contribution in [1.82, 2.24) is 19.5 Å². The van der Waals surface area contributed by atoms with E-state index in [-0.39, 0.29) is 17.8 Å². The number of hydrogen-bond donors (Lipinski definition) is 1. The van der Waals surface area contributed by atoms with Crippen LogP contribution in [0.25, 0.3) is 11.2 Å². The highest BCUT2D eigenvalue weighted by molar-refractivity contribution is 5.70. The zero-order valence-corrected chi connectivity index (χ0v) is 15.3. The molecule has 1 aliphatic rings. The molecule has 12 nitrogen and oxygen atoms in total. The summed E-state index contributed by atoms with van der Waals surface area (Å²) in [6.45, 7) is 3.36. The molecule has 0 spiro atoms. The summed E-state index contributed by atoms with van der Waals surface area (Å²) in [5.41, 5.74) is -0.223. The van der Waals surface area contributed by atoms with Crippen LogP contribution < -0.4 is 5.56 Å². The van der Waals surface area contributed by atoms with E-state index in [1.165, 1.54) is 38.0 Å². The number of nitrogens with one attached hydrogen (secondary N) is 1. The molecular formula is C16H18N4O8. The minimum absolute atomic E-state index is 0.0557. The molecule has 1 aliphatic heterocycles. The quantitative estimate of drug-likeness (QED) is 0.516. The van der Waals surface area contributed by atoms with Crippen LogP contribution in [0, 0.1) is 0 Å². The minimum Gasteiger partial charge on any atom is -0.463 e. The van der Waals surface area contributed by atoms with E-state index in [0.29, 0.717) is 0 Å². The van der Waals surface area contributed by atoms with Gasteiger partial charge in [-0.1, -0.05) is 0 Å². The van der Waals surface area contributed by atoms with Crippen molar-refractivity contribution in [2.75, 3.05) is 6.61 Å². The second kappa shape index (κ2) is 7.76. The zero-order valence-electron chi connectivity index (χ0n) is 15.3. The monoisotopic (exact) mass is 394 g/mol. The van der Waals surface area contributed by atoms with Crippen molar-refractivity contribution in [1.29, 1.82) is 0 Å². The highest BCUT2D eigenvalue weighted by Gasteiger charge is 2.51. The number of carbonyl (C=O) groups is 3. The first-order valence-electron chi connectivity index (χ1n) is 8.31. The molecule has 0 aliphatic carbocycles. The van der Waals surface area contributed by atoms with Crippen molar-refractivity contribution in [3.63, 3.8) is 0 Å². The van der Waals surface area contributed by atoms with E-state index >= 15 is 0 Å². The average Bonchev–Trinajstić information content (AvgIpc) is 3.16. The van der Waals surface area contributed by atoms with E-state index in [2.05, 4.69) is 15.0 Å². The zero-order chi connectivity index (χ0) is 20.4. The minimum atomic E-state index is -1.08. The number of esters is 3. The van der Waals surface area contributed by atoms with Crippen LogP contribution in [0.3, 0.4) is 0 Å². The molecule has 3 heterocycles. The third kappa shape index (κ3) is 3.86. The van der Waals surface area contributed by atoms with Crippen LogP contribution in [-0.4, -0.2) is 62.3 Å². The highest BCUT2D eigenvalue weighted by Crippen LogP contribution is 2.35. The highest BCUT2D eigenvalue weighted by atomic mass is 16.7.